The van der Waals surface area contributed by atoms with Crippen LogP contribution in [0.3, 0.4) is 0 Å². The van der Waals surface area contributed by atoms with Gasteiger partial charge in [0.1, 0.15) is 0 Å². The van der Waals surface area contributed by atoms with Gasteiger partial charge in [0.15, 0.2) is 7.14 Å². The van der Waals surface area contributed by atoms with Crippen LogP contribution in [0.1, 0.15) is 44.5 Å². The minimum absolute atomic E-state index is 0.610. The molecular weight excluding hydrogens is 806 g/mol. The number of hydrogen-bond acceptors (Lipinski definition) is 2. The third-order valence-corrected chi connectivity index (χ3v) is 17.5. The second-order valence-corrected chi connectivity index (χ2v) is 20.2. The molecule has 0 saturated carbocycles. The summed E-state index contributed by atoms with van der Waals surface area (Å²) in [6, 6.07) is 91.9. The summed E-state index contributed by atoms with van der Waals surface area (Å²) >= 11 is 0. The number of rotatable bonds is 6. The van der Waals surface area contributed by atoms with E-state index in [-0.39, 0.29) is 0 Å². The Kier molecular flexibility index (Phi) is 8.35. The van der Waals surface area contributed by atoms with E-state index in [4.69, 9.17) is 0 Å². The quantitative estimate of drug-likeness (QED) is 0.155. The molecule has 3 aliphatic rings. The predicted molar refractivity (Wildman–Crippen MR) is 269 cm³/mol. The van der Waals surface area contributed by atoms with Crippen LogP contribution in [-0.2, 0) is 15.4 Å². The lowest BCUT2D eigenvalue weighted by molar-refractivity contribution is 0.592. The number of fused-ring (bicyclic) bond motifs is 12. The van der Waals surface area contributed by atoms with Crippen molar-refractivity contribution in [1.82, 2.24) is 0 Å². The molecule has 10 aromatic rings. The molecule has 2 nitrogen and oxygen atoms in total. The van der Waals surface area contributed by atoms with Crippen LogP contribution in [-0.4, -0.2) is 0 Å². The first-order chi connectivity index (χ1) is 32.1. The molecule has 1 spiro atoms. The smallest absolute Gasteiger partial charge is 0.171 e. The van der Waals surface area contributed by atoms with Gasteiger partial charge in [-0.25, -0.2) is 0 Å². The zero-order valence-electron chi connectivity index (χ0n) is 35.6. The fourth-order valence-electron chi connectivity index (χ4n) is 11.9. The molecule has 0 aromatic heterocycles. The van der Waals surface area contributed by atoms with E-state index in [0.717, 1.165) is 32.9 Å². The molecule has 1 aliphatic heterocycles. The largest absolute Gasteiger partial charge is 0.310 e. The number of para-hydroxylation sites is 2. The first-order valence-corrected chi connectivity index (χ1v) is 24.2. The van der Waals surface area contributed by atoms with E-state index in [1.54, 1.807) is 0 Å². The van der Waals surface area contributed by atoms with E-state index >= 15 is 4.57 Å². The molecule has 0 atom stereocenters. The molecule has 3 heteroatoms. The molecule has 0 N–H and O–H groups in total. The molecule has 306 valence electrons. The lowest BCUT2D eigenvalue weighted by Crippen LogP contribution is -2.37. The Labute approximate surface area is 380 Å². The summed E-state index contributed by atoms with van der Waals surface area (Å²) in [5.41, 5.74) is 17.0. The predicted octanol–water partition coefficient (Wildman–Crippen LogP) is 13.8. The Morgan fingerprint density at radius 3 is 1.17 bits per heavy atom. The second kappa shape index (κ2) is 14.4. The van der Waals surface area contributed by atoms with Gasteiger partial charge in [-0.15, -0.1) is 0 Å². The molecule has 10 aromatic carbocycles. The zero-order chi connectivity index (χ0) is 43.2. The third-order valence-electron chi connectivity index (χ3n) is 14.4. The summed E-state index contributed by atoms with van der Waals surface area (Å²) in [5, 5.41) is 2.46. The molecule has 65 heavy (non-hydrogen) atoms. The van der Waals surface area contributed by atoms with Crippen molar-refractivity contribution in [3.8, 4) is 22.3 Å². The van der Waals surface area contributed by atoms with Gasteiger partial charge in [-0.05, 0) is 91.0 Å². The van der Waals surface area contributed by atoms with Crippen molar-refractivity contribution in [2.45, 2.75) is 10.8 Å². The van der Waals surface area contributed by atoms with Crippen LogP contribution in [0.25, 0.3) is 22.3 Å². The molecule has 1 heterocycles. The maximum absolute atomic E-state index is 15.7. The number of anilines is 3. The van der Waals surface area contributed by atoms with Crippen molar-refractivity contribution in [3.05, 3.63) is 299 Å². The molecule has 2 aliphatic carbocycles. The van der Waals surface area contributed by atoms with Crippen molar-refractivity contribution in [2.75, 3.05) is 4.90 Å². The first-order valence-electron chi connectivity index (χ1n) is 22.5. The van der Waals surface area contributed by atoms with Crippen molar-refractivity contribution in [1.29, 1.82) is 0 Å². The van der Waals surface area contributed by atoms with Crippen LogP contribution in [0.2, 0.25) is 0 Å². The van der Waals surface area contributed by atoms with Gasteiger partial charge in [0.2, 0.25) is 0 Å². The summed E-state index contributed by atoms with van der Waals surface area (Å²) in [5.74, 6) is 0. The molecule has 0 bridgehead atoms. The highest BCUT2D eigenvalue weighted by atomic mass is 31.2. The average molecular weight is 848 g/mol. The van der Waals surface area contributed by atoms with Crippen LogP contribution >= 0.6 is 7.14 Å². The minimum atomic E-state index is -3.22. The van der Waals surface area contributed by atoms with Crippen LogP contribution in [0.5, 0.6) is 0 Å². The number of nitrogens with zero attached hydrogens (tertiary/aromatic N) is 1. The van der Waals surface area contributed by atoms with Crippen molar-refractivity contribution in [3.63, 3.8) is 0 Å². The van der Waals surface area contributed by atoms with Gasteiger partial charge in [0.25, 0.3) is 0 Å². The van der Waals surface area contributed by atoms with Gasteiger partial charge < -0.3 is 9.46 Å². The van der Waals surface area contributed by atoms with Gasteiger partial charge >= 0.3 is 0 Å². The highest BCUT2D eigenvalue weighted by Crippen LogP contribution is 2.65. The van der Waals surface area contributed by atoms with Crippen LogP contribution in [0, 0.1) is 0 Å². The summed E-state index contributed by atoms with van der Waals surface area (Å²) in [6.45, 7) is 0. The van der Waals surface area contributed by atoms with Crippen LogP contribution < -0.4 is 20.8 Å². The first kappa shape index (κ1) is 37.8. The number of hydrogen-bond donors (Lipinski definition) is 0. The highest BCUT2D eigenvalue weighted by Gasteiger charge is 2.53. The Morgan fingerprint density at radius 1 is 0.292 bits per heavy atom. The van der Waals surface area contributed by atoms with Crippen molar-refractivity contribution in [2.24, 2.45) is 0 Å². The molecule has 13 rings (SSSR count). The number of benzene rings is 10. The SMILES string of the molecule is O=P(c1ccccc1)(c1ccccc1)c1ccc(C2(c3ccc4c(c3)C3(c5ccccc5-c5ccccc53)c3ccccc3N4c3ccccc3)c3ccccc3-c3ccccc32)cc1. The topological polar surface area (TPSA) is 20.3 Å². The Balaban J connectivity index is 1.12. The fraction of sp³-hybridized carbons (Fsp3) is 0.0323. The lowest BCUT2D eigenvalue weighted by atomic mass is 9.62. The van der Waals surface area contributed by atoms with Crippen LogP contribution in [0.15, 0.2) is 255 Å². The molecule has 0 radical (unpaired) electrons. The van der Waals surface area contributed by atoms with Crippen LogP contribution in [0.4, 0.5) is 17.1 Å². The monoisotopic (exact) mass is 847 g/mol. The average Bonchev–Trinajstić information content (AvgIpc) is 3.86. The van der Waals surface area contributed by atoms with E-state index in [1.165, 1.54) is 66.9 Å². The van der Waals surface area contributed by atoms with Gasteiger partial charge in [-0.3, -0.25) is 0 Å². The molecular formula is C62H42NOP. The molecule has 0 unspecified atom stereocenters. The Bertz CT molecular complexity index is 3390. The summed E-state index contributed by atoms with van der Waals surface area (Å²) in [6.07, 6.45) is 0. The lowest BCUT2D eigenvalue weighted by Gasteiger charge is -2.46. The summed E-state index contributed by atoms with van der Waals surface area (Å²) < 4.78 is 15.7. The Hall–Kier alpha value is -7.77. The van der Waals surface area contributed by atoms with E-state index in [2.05, 4.69) is 199 Å². The van der Waals surface area contributed by atoms with Gasteiger partial charge in [0, 0.05) is 21.6 Å². The van der Waals surface area contributed by atoms with Gasteiger partial charge in [0.05, 0.1) is 22.2 Å². The van der Waals surface area contributed by atoms with E-state index in [0.29, 0.717) is 0 Å². The Morgan fingerprint density at radius 2 is 0.662 bits per heavy atom. The standard InChI is InChI=1S/C62H42NOP/c64-65(46-22-6-2-7-23-46,47-24-8-3-9-25-47)48-39-36-43(37-40-48)61(53-30-14-10-26-49(53)50-27-11-15-31-54(50)61)44-38-41-60-58(42-44)62(55-32-16-12-28-51(55)52-29-13-17-33-56(52)62)57-34-18-19-35-59(57)63(60)45-20-4-1-5-21-45/h1-42H. The van der Waals surface area contributed by atoms with Crippen molar-refractivity contribution >= 4 is 40.1 Å². The van der Waals surface area contributed by atoms with Gasteiger partial charge in [-0.1, -0.05) is 231 Å². The molecule has 0 fully saturated rings. The summed E-state index contributed by atoms with van der Waals surface area (Å²) in [4.78, 5) is 2.46. The minimum Gasteiger partial charge on any atom is -0.310 e. The maximum atomic E-state index is 15.7. The highest BCUT2D eigenvalue weighted by molar-refractivity contribution is 7.85. The van der Waals surface area contributed by atoms with E-state index in [9.17, 15) is 0 Å². The normalized spacial score (nSPS) is 14.4. The fourth-order valence-corrected chi connectivity index (χ4v) is 14.5. The molecule has 0 saturated heterocycles. The zero-order valence-corrected chi connectivity index (χ0v) is 36.4. The van der Waals surface area contributed by atoms with Crippen molar-refractivity contribution < 1.29 is 4.57 Å². The molecule has 0 amide bonds. The maximum Gasteiger partial charge on any atom is 0.171 e. The van der Waals surface area contributed by atoms with Gasteiger partial charge in [-0.2, -0.15) is 0 Å². The van der Waals surface area contributed by atoms with E-state index < -0.39 is 18.0 Å². The third kappa shape index (κ3) is 5.09. The second-order valence-electron chi connectivity index (χ2n) is 17.4. The summed E-state index contributed by atoms with van der Waals surface area (Å²) in [7, 11) is -3.22. The van der Waals surface area contributed by atoms with E-state index in [1.807, 2.05) is 60.7 Å².